The number of rotatable bonds is 2. The van der Waals surface area contributed by atoms with E-state index in [2.05, 4.69) is 10.3 Å². The van der Waals surface area contributed by atoms with Crippen LogP contribution in [0.2, 0.25) is 0 Å². The maximum Gasteiger partial charge on any atom is 0.407 e. The molecule has 0 aliphatic heterocycles. The van der Waals surface area contributed by atoms with E-state index in [1.165, 1.54) is 13.2 Å². The first-order valence-electron chi connectivity index (χ1n) is 5.10. The zero-order valence-electron chi connectivity index (χ0n) is 9.12. The van der Waals surface area contributed by atoms with E-state index in [0.29, 0.717) is 10.8 Å². The fraction of sp³-hybridized carbons (Fsp3) is 0.250. The summed E-state index contributed by atoms with van der Waals surface area (Å²) in [5.41, 5.74) is 0.151. The smallest absolute Gasteiger partial charge is 0.305 e. The molecule has 90 valence electrons. The van der Waals surface area contributed by atoms with Crippen LogP contribution in [0.1, 0.15) is 11.6 Å². The molecule has 0 bridgehead atoms. The van der Waals surface area contributed by atoms with Gasteiger partial charge in [-0.2, -0.15) is 13.2 Å². The number of alkyl halides is 3. The summed E-state index contributed by atoms with van der Waals surface area (Å²) in [6.45, 7) is 0. The van der Waals surface area contributed by atoms with Gasteiger partial charge in [-0.05, 0) is 12.4 Å². The van der Waals surface area contributed by atoms with E-state index >= 15 is 0 Å². The van der Waals surface area contributed by atoms with Gasteiger partial charge in [-0.25, -0.2) is 0 Å². The Labute approximate surface area is 96.5 Å². The molecule has 0 fully saturated rings. The topological polar surface area (TPSA) is 24.9 Å². The highest BCUT2D eigenvalue weighted by Crippen LogP contribution is 2.35. The number of benzene rings is 1. The number of nitrogens with zero attached hydrogens (tertiary/aromatic N) is 1. The van der Waals surface area contributed by atoms with E-state index in [1.807, 2.05) is 0 Å². The van der Waals surface area contributed by atoms with E-state index in [0.717, 1.165) is 0 Å². The van der Waals surface area contributed by atoms with Gasteiger partial charge in [0, 0.05) is 23.3 Å². The lowest BCUT2D eigenvalue weighted by Gasteiger charge is -2.21. The number of halogens is 3. The number of hydrogen-bond acceptors (Lipinski definition) is 2. The molecule has 0 radical (unpaired) electrons. The highest BCUT2D eigenvalue weighted by molar-refractivity contribution is 5.85. The molecule has 5 heteroatoms. The first kappa shape index (κ1) is 11.9. The first-order chi connectivity index (χ1) is 8.04. The Balaban J connectivity index is 2.62. The van der Waals surface area contributed by atoms with E-state index < -0.39 is 12.2 Å². The van der Waals surface area contributed by atoms with E-state index in [-0.39, 0.29) is 5.56 Å². The molecule has 0 saturated carbocycles. The summed E-state index contributed by atoms with van der Waals surface area (Å²) in [5.74, 6) is 0. The summed E-state index contributed by atoms with van der Waals surface area (Å²) in [6, 6.07) is 5.21. The molecule has 17 heavy (non-hydrogen) atoms. The van der Waals surface area contributed by atoms with Gasteiger partial charge < -0.3 is 5.32 Å². The fourth-order valence-electron chi connectivity index (χ4n) is 1.87. The molecular formula is C12H11F3N2. The minimum Gasteiger partial charge on any atom is -0.305 e. The third kappa shape index (κ3) is 2.24. The summed E-state index contributed by atoms with van der Waals surface area (Å²) in [6.07, 6.45) is -1.51. The molecule has 1 N–H and O–H groups in total. The summed E-state index contributed by atoms with van der Waals surface area (Å²) in [4.78, 5) is 3.86. The average Bonchev–Trinajstić information content (AvgIpc) is 2.28. The Morgan fingerprint density at radius 2 is 1.88 bits per heavy atom. The van der Waals surface area contributed by atoms with Crippen molar-refractivity contribution in [1.82, 2.24) is 10.3 Å². The van der Waals surface area contributed by atoms with Gasteiger partial charge in [-0.1, -0.05) is 24.3 Å². The zero-order valence-corrected chi connectivity index (χ0v) is 9.12. The monoisotopic (exact) mass is 240 g/mol. The van der Waals surface area contributed by atoms with Crippen LogP contribution < -0.4 is 5.32 Å². The van der Waals surface area contributed by atoms with Crippen molar-refractivity contribution in [2.24, 2.45) is 0 Å². The molecule has 0 saturated heterocycles. The Morgan fingerprint density at radius 1 is 1.18 bits per heavy atom. The van der Waals surface area contributed by atoms with Gasteiger partial charge in [0.1, 0.15) is 6.04 Å². The largest absolute Gasteiger partial charge is 0.407 e. The Kier molecular flexibility index (Phi) is 3.02. The van der Waals surface area contributed by atoms with Crippen molar-refractivity contribution in [1.29, 1.82) is 0 Å². The van der Waals surface area contributed by atoms with Crippen molar-refractivity contribution >= 4 is 10.8 Å². The summed E-state index contributed by atoms with van der Waals surface area (Å²) in [7, 11) is 1.29. The van der Waals surface area contributed by atoms with Crippen molar-refractivity contribution in [3.8, 4) is 0 Å². The highest BCUT2D eigenvalue weighted by Gasteiger charge is 2.40. The lowest BCUT2D eigenvalue weighted by atomic mass is 10.0. The van der Waals surface area contributed by atoms with Gasteiger partial charge in [-0.3, -0.25) is 4.98 Å². The van der Waals surface area contributed by atoms with Crippen molar-refractivity contribution in [2.75, 3.05) is 7.05 Å². The van der Waals surface area contributed by atoms with Crippen molar-refractivity contribution in [3.05, 3.63) is 42.2 Å². The summed E-state index contributed by atoms with van der Waals surface area (Å²) < 4.78 is 38.5. The van der Waals surface area contributed by atoms with E-state index in [4.69, 9.17) is 0 Å². The fourth-order valence-corrected chi connectivity index (χ4v) is 1.87. The predicted octanol–water partition coefficient (Wildman–Crippen LogP) is 3.06. The number of pyridine rings is 1. The van der Waals surface area contributed by atoms with Gasteiger partial charge in [0.25, 0.3) is 0 Å². The number of nitrogens with one attached hydrogen (secondary N) is 1. The molecule has 1 heterocycles. The first-order valence-corrected chi connectivity index (χ1v) is 5.10. The molecule has 0 spiro atoms. The Hall–Kier alpha value is -1.62. The van der Waals surface area contributed by atoms with Gasteiger partial charge >= 0.3 is 6.18 Å². The molecule has 2 rings (SSSR count). The highest BCUT2D eigenvalue weighted by atomic mass is 19.4. The van der Waals surface area contributed by atoms with Crippen molar-refractivity contribution in [3.63, 3.8) is 0 Å². The lowest BCUT2D eigenvalue weighted by Crippen LogP contribution is -2.31. The molecular weight excluding hydrogens is 229 g/mol. The second-order valence-electron chi connectivity index (χ2n) is 3.71. The molecule has 2 aromatic rings. The minimum atomic E-state index is -4.33. The van der Waals surface area contributed by atoms with Crippen LogP contribution in [0.15, 0.2) is 36.7 Å². The second-order valence-corrected chi connectivity index (χ2v) is 3.71. The predicted molar refractivity (Wildman–Crippen MR) is 59.6 cm³/mol. The third-order valence-corrected chi connectivity index (χ3v) is 2.63. The zero-order chi connectivity index (χ0) is 12.5. The van der Waals surface area contributed by atoms with Crippen LogP contribution in [0.3, 0.4) is 0 Å². The maximum atomic E-state index is 12.8. The lowest BCUT2D eigenvalue weighted by molar-refractivity contribution is -0.156. The molecule has 0 amide bonds. The van der Waals surface area contributed by atoms with Crippen LogP contribution >= 0.6 is 0 Å². The summed E-state index contributed by atoms with van der Waals surface area (Å²) >= 11 is 0. The normalized spacial score (nSPS) is 13.9. The molecule has 1 aromatic heterocycles. The Morgan fingerprint density at radius 3 is 2.53 bits per heavy atom. The molecule has 1 aromatic carbocycles. The van der Waals surface area contributed by atoms with Gasteiger partial charge in [0.15, 0.2) is 0 Å². The molecule has 0 aliphatic carbocycles. The molecule has 2 nitrogen and oxygen atoms in total. The number of fused-ring (bicyclic) bond motifs is 1. The van der Waals surface area contributed by atoms with Crippen LogP contribution in [-0.2, 0) is 0 Å². The Bertz CT molecular complexity index is 517. The van der Waals surface area contributed by atoms with Crippen LogP contribution in [0.5, 0.6) is 0 Å². The maximum absolute atomic E-state index is 12.8. The van der Waals surface area contributed by atoms with Crippen LogP contribution in [0, 0.1) is 0 Å². The number of aromatic nitrogens is 1. The average molecular weight is 240 g/mol. The SMILES string of the molecule is CNC(c1cncc2ccccc12)C(F)(F)F. The third-order valence-electron chi connectivity index (χ3n) is 2.63. The van der Waals surface area contributed by atoms with E-state index in [1.54, 1.807) is 30.5 Å². The second kappa shape index (κ2) is 4.33. The van der Waals surface area contributed by atoms with Gasteiger partial charge in [-0.15, -0.1) is 0 Å². The van der Waals surface area contributed by atoms with Gasteiger partial charge in [0.2, 0.25) is 0 Å². The minimum absolute atomic E-state index is 0.151. The molecule has 1 unspecified atom stereocenters. The van der Waals surface area contributed by atoms with Crippen molar-refractivity contribution < 1.29 is 13.2 Å². The van der Waals surface area contributed by atoms with Crippen molar-refractivity contribution in [2.45, 2.75) is 12.2 Å². The van der Waals surface area contributed by atoms with Crippen LogP contribution in [-0.4, -0.2) is 18.2 Å². The quantitative estimate of drug-likeness (QED) is 0.872. The molecule has 1 atom stereocenters. The van der Waals surface area contributed by atoms with Crippen LogP contribution in [0.25, 0.3) is 10.8 Å². The molecule has 0 aliphatic rings. The van der Waals surface area contributed by atoms with E-state index in [9.17, 15) is 13.2 Å². The number of hydrogen-bond donors (Lipinski definition) is 1. The standard InChI is InChI=1S/C12H11F3N2/c1-16-11(12(13,14)15)10-7-17-6-8-4-2-3-5-9(8)10/h2-7,11,16H,1H3. The summed E-state index contributed by atoms with van der Waals surface area (Å²) in [5, 5.41) is 3.56. The van der Waals surface area contributed by atoms with Crippen LogP contribution in [0.4, 0.5) is 13.2 Å². The van der Waals surface area contributed by atoms with Gasteiger partial charge in [0.05, 0.1) is 0 Å².